The maximum absolute atomic E-state index is 12.0. The Balaban J connectivity index is 2.43. The molecule has 0 aliphatic rings. The summed E-state index contributed by atoms with van der Waals surface area (Å²) in [7, 11) is 0. The number of amides is 2. The van der Waals surface area contributed by atoms with E-state index in [2.05, 4.69) is 15.4 Å². The number of halogens is 3. The van der Waals surface area contributed by atoms with Gasteiger partial charge in [-0.25, -0.2) is 4.79 Å². The quantitative estimate of drug-likeness (QED) is 0.757. The van der Waals surface area contributed by atoms with Crippen LogP contribution in [0.4, 0.5) is 23.7 Å². The Bertz CT molecular complexity index is 449. The number of carbonyl (C=O) groups is 1. The number of hydrogen-bond acceptors (Lipinski definition) is 3. The molecule has 0 aliphatic heterocycles. The van der Waals surface area contributed by atoms with Gasteiger partial charge in [-0.15, -0.1) is 13.2 Å². The van der Waals surface area contributed by atoms with E-state index in [0.29, 0.717) is 18.7 Å². The van der Waals surface area contributed by atoms with Crippen LogP contribution < -0.4 is 15.4 Å². The topological polar surface area (TPSA) is 70.6 Å². The van der Waals surface area contributed by atoms with Crippen LogP contribution in [0, 0.1) is 5.92 Å². The van der Waals surface area contributed by atoms with Crippen LogP contribution in [-0.2, 0) is 0 Å². The number of carbonyl (C=O) groups excluding carboxylic acids is 1. The summed E-state index contributed by atoms with van der Waals surface area (Å²) in [4.78, 5) is 11.5. The van der Waals surface area contributed by atoms with E-state index in [1.165, 1.54) is 12.1 Å². The van der Waals surface area contributed by atoms with E-state index in [9.17, 15) is 18.0 Å². The second kappa shape index (κ2) is 7.72. The van der Waals surface area contributed by atoms with Crippen LogP contribution in [0.3, 0.4) is 0 Å². The Kier molecular flexibility index (Phi) is 6.29. The van der Waals surface area contributed by atoms with Crippen LogP contribution in [0.15, 0.2) is 24.3 Å². The van der Waals surface area contributed by atoms with Crippen molar-refractivity contribution in [3.8, 4) is 5.75 Å². The van der Waals surface area contributed by atoms with Gasteiger partial charge in [0.05, 0.1) is 0 Å². The summed E-state index contributed by atoms with van der Waals surface area (Å²) in [5, 5.41) is 13.8. The Morgan fingerprint density at radius 3 is 2.48 bits per heavy atom. The molecule has 0 aliphatic carbocycles. The molecule has 5 nitrogen and oxygen atoms in total. The van der Waals surface area contributed by atoms with Crippen LogP contribution in [0.2, 0.25) is 0 Å². The number of ether oxygens (including phenoxy) is 1. The minimum absolute atomic E-state index is 0.0468. The molecule has 1 rings (SSSR count). The molecule has 0 aromatic heterocycles. The minimum atomic E-state index is -4.74. The van der Waals surface area contributed by atoms with Crippen molar-refractivity contribution in [1.29, 1.82) is 0 Å². The zero-order chi connectivity index (χ0) is 15.9. The van der Waals surface area contributed by atoms with E-state index >= 15 is 0 Å². The van der Waals surface area contributed by atoms with Crippen LogP contribution in [0.1, 0.15) is 13.3 Å². The van der Waals surface area contributed by atoms with Crippen molar-refractivity contribution in [2.75, 3.05) is 18.5 Å². The molecule has 0 saturated heterocycles. The number of benzene rings is 1. The maximum atomic E-state index is 12.0. The van der Waals surface area contributed by atoms with Crippen molar-refractivity contribution in [2.24, 2.45) is 5.92 Å². The molecule has 0 heterocycles. The number of alkyl halides is 3. The molecule has 21 heavy (non-hydrogen) atoms. The van der Waals surface area contributed by atoms with E-state index < -0.39 is 12.4 Å². The summed E-state index contributed by atoms with van der Waals surface area (Å²) < 4.78 is 39.6. The molecular formula is C13H17F3N2O3. The van der Waals surface area contributed by atoms with Gasteiger partial charge in [-0.05, 0) is 36.6 Å². The summed E-state index contributed by atoms with van der Waals surface area (Å²) in [5.74, 6) is -0.228. The van der Waals surface area contributed by atoms with E-state index in [-0.39, 0.29) is 18.3 Å². The van der Waals surface area contributed by atoms with Crippen LogP contribution >= 0.6 is 0 Å². The first-order valence-corrected chi connectivity index (χ1v) is 6.31. The molecule has 1 aromatic carbocycles. The average molecular weight is 306 g/mol. The third kappa shape index (κ3) is 7.40. The summed E-state index contributed by atoms with van der Waals surface area (Å²) >= 11 is 0. The van der Waals surface area contributed by atoms with Crippen molar-refractivity contribution >= 4 is 11.7 Å². The number of hydrogen-bond donors (Lipinski definition) is 3. The Hall–Kier alpha value is -1.96. The van der Waals surface area contributed by atoms with Gasteiger partial charge in [0.15, 0.2) is 0 Å². The molecule has 1 atom stereocenters. The van der Waals surface area contributed by atoms with E-state index in [1.807, 2.05) is 6.92 Å². The molecule has 1 unspecified atom stereocenters. The van der Waals surface area contributed by atoms with Crippen molar-refractivity contribution in [3.63, 3.8) is 0 Å². The Morgan fingerprint density at radius 1 is 1.33 bits per heavy atom. The molecule has 0 saturated carbocycles. The molecule has 3 N–H and O–H groups in total. The predicted molar refractivity (Wildman–Crippen MR) is 71.0 cm³/mol. The smallest absolute Gasteiger partial charge is 0.406 e. The van der Waals surface area contributed by atoms with Gasteiger partial charge in [-0.3, -0.25) is 0 Å². The van der Waals surface area contributed by atoms with Gasteiger partial charge >= 0.3 is 12.4 Å². The van der Waals surface area contributed by atoms with Gasteiger partial charge in [0, 0.05) is 18.8 Å². The number of aliphatic hydroxyl groups is 1. The van der Waals surface area contributed by atoms with Gasteiger partial charge < -0.3 is 20.5 Å². The van der Waals surface area contributed by atoms with Gasteiger partial charge in [-0.2, -0.15) is 0 Å². The summed E-state index contributed by atoms with van der Waals surface area (Å²) in [6.45, 7) is 2.31. The summed E-state index contributed by atoms with van der Waals surface area (Å²) in [5.41, 5.74) is 0.344. The van der Waals surface area contributed by atoms with Gasteiger partial charge in [0.1, 0.15) is 5.75 Å². The zero-order valence-corrected chi connectivity index (χ0v) is 11.4. The van der Waals surface area contributed by atoms with Gasteiger partial charge in [0.25, 0.3) is 0 Å². The lowest BCUT2D eigenvalue weighted by molar-refractivity contribution is -0.274. The fourth-order valence-electron chi connectivity index (χ4n) is 1.50. The van der Waals surface area contributed by atoms with Crippen molar-refractivity contribution in [2.45, 2.75) is 19.7 Å². The largest absolute Gasteiger partial charge is 0.573 e. The highest BCUT2D eigenvalue weighted by Gasteiger charge is 2.30. The molecule has 0 bridgehead atoms. The Labute approximate surface area is 120 Å². The predicted octanol–water partition coefficient (Wildman–Crippen LogP) is 2.73. The summed E-state index contributed by atoms with van der Waals surface area (Å²) in [6, 6.07) is 4.36. The number of urea groups is 1. The first-order chi connectivity index (χ1) is 9.80. The molecule has 118 valence electrons. The van der Waals surface area contributed by atoms with Crippen LogP contribution in [-0.4, -0.2) is 30.7 Å². The normalized spacial score (nSPS) is 12.6. The molecule has 0 radical (unpaired) electrons. The molecule has 0 spiro atoms. The molecule has 8 heteroatoms. The SMILES string of the molecule is CC(CCO)CNC(=O)Nc1ccc(OC(F)(F)F)cc1. The number of nitrogens with one attached hydrogen (secondary N) is 2. The number of rotatable bonds is 6. The third-order valence-electron chi connectivity index (χ3n) is 2.58. The van der Waals surface area contributed by atoms with E-state index in [1.54, 1.807) is 0 Å². The molecule has 1 aromatic rings. The van der Waals surface area contributed by atoms with Crippen molar-refractivity contribution < 1.29 is 27.8 Å². The molecule has 0 fully saturated rings. The third-order valence-corrected chi connectivity index (χ3v) is 2.58. The van der Waals surface area contributed by atoms with Crippen molar-refractivity contribution in [1.82, 2.24) is 5.32 Å². The highest BCUT2D eigenvalue weighted by atomic mass is 19.4. The monoisotopic (exact) mass is 306 g/mol. The first-order valence-electron chi connectivity index (χ1n) is 6.31. The molecular weight excluding hydrogens is 289 g/mol. The maximum Gasteiger partial charge on any atom is 0.573 e. The van der Waals surface area contributed by atoms with Crippen LogP contribution in [0.25, 0.3) is 0 Å². The zero-order valence-electron chi connectivity index (χ0n) is 11.4. The minimum Gasteiger partial charge on any atom is -0.406 e. The van der Waals surface area contributed by atoms with Gasteiger partial charge in [-0.1, -0.05) is 6.92 Å². The lowest BCUT2D eigenvalue weighted by Gasteiger charge is -2.12. The highest BCUT2D eigenvalue weighted by molar-refractivity contribution is 5.89. The highest BCUT2D eigenvalue weighted by Crippen LogP contribution is 2.23. The number of anilines is 1. The van der Waals surface area contributed by atoms with Crippen LogP contribution in [0.5, 0.6) is 5.75 Å². The lowest BCUT2D eigenvalue weighted by Crippen LogP contribution is -2.32. The molecule has 2 amide bonds. The number of aliphatic hydroxyl groups excluding tert-OH is 1. The van der Waals surface area contributed by atoms with Gasteiger partial charge in [0.2, 0.25) is 0 Å². The van der Waals surface area contributed by atoms with Crippen molar-refractivity contribution in [3.05, 3.63) is 24.3 Å². The first kappa shape index (κ1) is 17.1. The second-order valence-electron chi connectivity index (χ2n) is 4.52. The standard InChI is InChI=1S/C13H17F3N2O3/c1-9(6-7-19)8-17-12(20)18-10-2-4-11(5-3-10)21-13(14,15)16/h2-5,9,19H,6-8H2,1H3,(H2,17,18,20). The second-order valence-corrected chi connectivity index (χ2v) is 4.52. The van der Waals surface area contributed by atoms with E-state index in [4.69, 9.17) is 5.11 Å². The fourth-order valence-corrected chi connectivity index (χ4v) is 1.50. The van der Waals surface area contributed by atoms with E-state index in [0.717, 1.165) is 12.1 Å². The lowest BCUT2D eigenvalue weighted by atomic mass is 10.1. The average Bonchev–Trinajstić information content (AvgIpc) is 2.37. The Morgan fingerprint density at radius 2 is 1.95 bits per heavy atom. The fraction of sp³-hybridized carbons (Fsp3) is 0.462. The summed E-state index contributed by atoms with van der Waals surface area (Å²) in [6.07, 6.45) is -4.17.